The van der Waals surface area contributed by atoms with E-state index in [0.29, 0.717) is 0 Å². The van der Waals surface area contributed by atoms with E-state index in [2.05, 4.69) is 5.32 Å². The molecule has 0 rings (SSSR count). The van der Waals surface area contributed by atoms with Gasteiger partial charge in [0.2, 0.25) is 5.91 Å². The molecule has 0 aliphatic heterocycles. The third kappa shape index (κ3) is 7.06. The predicted molar refractivity (Wildman–Crippen MR) is 48.3 cm³/mol. The van der Waals surface area contributed by atoms with Crippen LogP contribution in [-0.4, -0.2) is 34.8 Å². The molecule has 0 heterocycles. The minimum atomic E-state index is -4.33. The Balaban J connectivity index is 3.69. The lowest BCUT2D eigenvalue weighted by Crippen LogP contribution is -2.35. The first-order chi connectivity index (χ1) is 6.74. The maximum atomic E-state index is 11.6. The number of carboxylic acid groups (broad SMARTS) is 1. The van der Waals surface area contributed by atoms with Gasteiger partial charge in [-0.1, -0.05) is 0 Å². The summed E-state index contributed by atoms with van der Waals surface area (Å²) in [7, 11) is 0. The third-order valence-electron chi connectivity index (χ3n) is 1.43. The Morgan fingerprint density at radius 1 is 1.47 bits per heavy atom. The number of hydrogen-bond donors (Lipinski definition) is 2. The van der Waals surface area contributed by atoms with Gasteiger partial charge in [0.05, 0.1) is 0 Å². The van der Waals surface area contributed by atoms with Crippen molar-refractivity contribution in [3.8, 4) is 0 Å². The standard InChI is InChI=1S/C7H10F3NO3S/c1-4(6(13)14)5(12)11-2-3-15-7(8,9)10/h4H,2-3H2,1H3,(H,11,12)(H,13,14). The molecule has 88 valence electrons. The van der Waals surface area contributed by atoms with Gasteiger partial charge >= 0.3 is 11.5 Å². The maximum Gasteiger partial charge on any atom is 0.441 e. The molecule has 0 bridgehead atoms. The molecule has 1 unspecified atom stereocenters. The van der Waals surface area contributed by atoms with Crippen molar-refractivity contribution in [1.29, 1.82) is 0 Å². The van der Waals surface area contributed by atoms with E-state index in [4.69, 9.17) is 5.11 Å². The van der Waals surface area contributed by atoms with Crippen molar-refractivity contribution < 1.29 is 27.9 Å². The normalized spacial score (nSPS) is 13.3. The van der Waals surface area contributed by atoms with Crippen LogP contribution in [0.15, 0.2) is 0 Å². The molecular weight excluding hydrogens is 235 g/mol. The number of aliphatic carboxylic acids is 1. The number of carbonyl (C=O) groups excluding carboxylic acids is 1. The highest BCUT2D eigenvalue weighted by Crippen LogP contribution is 2.29. The molecule has 0 aromatic heterocycles. The summed E-state index contributed by atoms with van der Waals surface area (Å²) in [5.74, 6) is -3.68. The molecule has 2 N–H and O–H groups in total. The lowest BCUT2D eigenvalue weighted by Gasteiger charge is -2.08. The minimum absolute atomic E-state index is 0.208. The maximum absolute atomic E-state index is 11.6. The molecule has 0 saturated heterocycles. The van der Waals surface area contributed by atoms with Crippen LogP contribution in [0.1, 0.15) is 6.92 Å². The first-order valence-corrected chi connectivity index (χ1v) is 4.94. The second kappa shape index (κ2) is 5.84. The van der Waals surface area contributed by atoms with E-state index in [0.717, 1.165) is 6.92 Å². The highest BCUT2D eigenvalue weighted by atomic mass is 32.2. The fraction of sp³-hybridized carbons (Fsp3) is 0.714. The molecule has 4 nitrogen and oxygen atoms in total. The fourth-order valence-corrected chi connectivity index (χ4v) is 1.04. The number of rotatable bonds is 5. The van der Waals surface area contributed by atoms with E-state index in [9.17, 15) is 22.8 Å². The Bertz CT molecular complexity index is 244. The van der Waals surface area contributed by atoms with Crippen molar-refractivity contribution in [3.05, 3.63) is 0 Å². The topological polar surface area (TPSA) is 66.4 Å². The highest BCUT2D eigenvalue weighted by molar-refractivity contribution is 8.00. The average Bonchev–Trinajstić information content (AvgIpc) is 2.09. The van der Waals surface area contributed by atoms with Crippen molar-refractivity contribution >= 4 is 23.6 Å². The minimum Gasteiger partial charge on any atom is -0.481 e. The zero-order valence-electron chi connectivity index (χ0n) is 7.80. The van der Waals surface area contributed by atoms with Crippen molar-refractivity contribution in [1.82, 2.24) is 5.32 Å². The molecule has 1 atom stereocenters. The molecule has 0 radical (unpaired) electrons. The van der Waals surface area contributed by atoms with Crippen LogP contribution in [-0.2, 0) is 9.59 Å². The molecule has 0 aliphatic carbocycles. The van der Waals surface area contributed by atoms with Crippen LogP contribution >= 0.6 is 11.8 Å². The lowest BCUT2D eigenvalue weighted by molar-refractivity contribution is -0.146. The quantitative estimate of drug-likeness (QED) is 0.561. The average molecular weight is 245 g/mol. The molecule has 0 aromatic carbocycles. The van der Waals surface area contributed by atoms with Gasteiger partial charge in [-0.15, -0.1) is 0 Å². The highest BCUT2D eigenvalue weighted by Gasteiger charge is 2.27. The molecule has 1 amide bonds. The number of hydrogen-bond acceptors (Lipinski definition) is 3. The Morgan fingerprint density at radius 3 is 2.40 bits per heavy atom. The van der Waals surface area contributed by atoms with Crippen LogP contribution in [0.25, 0.3) is 0 Å². The largest absolute Gasteiger partial charge is 0.481 e. The summed E-state index contributed by atoms with van der Waals surface area (Å²) in [5.41, 5.74) is -4.33. The first kappa shape index (κ1) is 14.1. The van der Waals surface area contributed by atoms with Crippen LogP contribution in [0.4, 0.5) is 13.2 Å². The number of nitrogens with one attached hydrogen (secondary N) is 1. The number of thioether (sulfide) groups is 1. The van der Waals surface area contributed by atoms with Crippen LogP contribution in [0.2, 0.25) is 0 Å². The van der Waals surface area contributed by atoms with Gasteiger partial charge in [-0.2, -0.15) is 13.2 Å². The van der Waals surface area contributed by atoms with E-state index in [1.807, 2.05) is 0 Å². The Labute approximate surface area is 88.2 Å². The molecular formula is C7H10F3NO3S. The SMILES string of the molecule is CC(C(=O)O)C(=O)NCCSC(F)(F)F. The Morgan fingerprint density at radius 2 is 2.00 bits per heavy atom. The Hall–Kier alpha value is -0.920. The van der Waals surface area contributed by atoms with Gasteiger partial charge in [0.1, 0.15) is 5.92 Å². The first-order valence-electron chi connectivity index (χ1n) is 3.95. The van der Waals surface area contributed by atoms with E-state index in [1.165, 1.54) is 0 Å². The number of halogens is 3. The van der Waals surface area contributed by atoms with Crippen LogP contribution < -0.4 is 5.32 Å². The van der Waals surface area contributed by atoms with Gasteiger partial charge in [0.25, 0.3) is 0 Å². The molecule has 15 heavy (non-hydrogen) atoms. The van der Waals surface area contributed by atoms with Crippen LogP contribution in [0.5, 0.6) is 0 Å². The summed E-state index contributed by atoms with van der Waals surface area (Å²) in [4.78, 5) is 21.2. The van der Waals surface area contributed by atoms with Crippen molar-refractivity contribution in [3.63, 3.8) is 0 Å². The summed E-state index contributed by atoms with van der Waals surface area (Å²) in [5, 5.41) is 10.5. The van der Waals surface area contributed by atoms with E-state index in [-0.39, 0.29) is 24.1 Å². The van der Waals surface area contributed by atoms with Crippen molar-refractivity contribution in [2.24, 2.45) is 5.92 Å². The summed E-state index contributed by atoms with van der Waals surface area (Å²) >= 11 is -0.266. The van der Waals surface area contributed by atoms with Crippen LogP contribution in [0, 0.1) is 5.92 Å². The molecule has 0 spiro atoms. The molecule has 0 aromatic rings. The Kier molecular flexibility index (Phi) is 5.48. The number of carbonyl (C=O) groups is 2. The van der Waals surface area contributed by atoms with Crippen molar-refractivity contribution in [2.45, 2.75) is 12.4 Å². The van der Waals surface area contributed by atoms with Gasteiger partial charge in [0, 0.05) is 12.3 Å². The van der Waals surface area contributed by atoms with Gasteiger partial charge < -0.3 is 10.4 Å². The van der Waals surface area contributed by atoms with Crippen molar-refractivity contribution in [2.75, 3.05) is 12.3 Å². The van der Waals surface area contributed by atoms with Gasteiger partial charge in [0.15, 0.2) is 0 Å². The number of carboxylic acids is 1. The van der Waals surface area contributed by atoms with Gasteiger partial charge in [-0.05, 0) is 18.7 Å². The molecule has 8 heteroatoms. The summed E-state index contributed by atoms with van der Waals surface area (Å²) in [6.45, 7) is 0.954. The second-order valence-electron chi connectivity index (χ2n) is 2.65. The zero-order valence-corrected chi connectivity index (χ0v) is 8.61. The van der Waals surface area contributed by atoms with E-state index >= 15 is 0 Å². The van der Waals surface area contributed by atoms with Gasteiger partial charge in [-0.25, -0.2) is 0 Å². The van der Waals surface area contributed by atoms with Gasteiger partial charge in [-0.3, -0.25) is 9.59 Å². The smallest absolute Gasteiger partial charge is 0.441 e. The molecule has 0 aliphatic rings. The predicted octanol–water partition coefficient (Wildman–Crippen LogP) is 1.08. The monoisotopic (exact) mass is 245 g/mol. The molecule has 0 saturated carbocycles. The van der Waals surface area contributed by atoms with Crippen LogP contribution in [0.3, 0.4) is 0 Å². The summed E-state index contributed by atoms with van der Waals surface area (Å²) < 4.78 is 34.9. The van der Waals surface area contributed by atoms with E-state index in [1.54, 1.807) is 0 Å². The lowest BCUT2D eigenvalue weighted by atomic mass is 10.2. The summed E-state index contributed by atoms with van der Waals surface area (Å²) in [6, 6.07) is 0. The number of amides is 1. The zero-order chi connectivity index (χ0) is 12.1. The van der Waals surface area contributed by atoms with E-state index < -0.39 is 23.3 Å². The fourth-order valence-electron chi connectivity index (χ4n) is 0.606. The number of alkyl halides is 3. The third-order valence-corrected chi connectivity index (χ3v) is 2.17. The summed E-state index contributed by atoms with van der Waals surface area (Å²) in [6.07, 6.45) is 0. The second-order valence-corrected chi connectivity index (χ2v) is 3.80. The molecule has 0 fully saturated rings.